The van der Waals surface area contributed by atoms with Crippen molar-refractivity contribution in [3.8, 4) is 11.1 Å². The van der Waals surface area contributed by atoms with Crippen molar-refractivity contribution in [2.24, 2.45) is 0 Å². The monoisotopic (exact) mass is 501 g/mol. The number of nitrogens with zero attached hydrogens (tertiary/aromatic N) is 1. The Balaban J connectivity index is 1.41. The molecule has 3 aromatic carbocycles. The van der Waals surface area contributed by atoms with E-state index in [2.05, 4.69) is 10.3 Å². The first-order chi connectivity index (χ1) is 16.2. The van der Waals surface area contributed by atoms with Crippen LogP contribution in [0.3, 0.4) is 0 Å². The molecule has 1 fully saturated rings. The molecule has 0 aliphatic carbocycles. The van der Waals surface area contributed by atoms with E-state index >= 15 is 0 Å². The summed E-state index contributed by atoms with van der Waals surface area (Å²) >= 11 is 6.03. The van der Waals surface area contributed by atoms with Crippen LogP contribution < -0.4 is 10.3 Å². The van der Waals surface area contributed by atoms with Crippen LogP contribution in [-0.2, 0) is 16.6 Å². The highest BCUT2D eigenvalue weighted by molar-refractivity contribution is 7.90. The fourth-order valence-corrected chi connectivity index (χ4v) is 5.53. The minimum absolute atomic E-state index is 0.226. The van der Waals surface area contributed by atoms with Gasteiger partial charge in [0.1, 0.15) is 5.82 Å². The van der Waals surface area contributed by atoms with Crippen molar-refractivity contribution in [2.45, 2.75) is 25.1 Å². The number of hydrogen-bond acceptors (Lipinski definition) is 4. The molecule has 0 bridgehead atoms. The zero-order valence-electron chi connectivity index (χ0n) is 18.6. The minimum Gasteiger partial charge on any atom is -0.298 e. The molecule has 1 unspecified atom stereocenters. The van der Waals surface area contributed by atoms with Crippen molar-refractivity contribution in [1.82, 2.24) is 15.2 Å². The van der Waals surface area contributed by atoms with E-state index in [-0.39, 0.29) is 5.56 Å². The van der Waals surface area contributed by atoms with Crippen LogP contribution in [0.25, 0.3) is 11.1 Å². The van der Waals surface area contributed by atoms with Gasteiger partial charge in [0.2, 0.25) is 10.0 Å². The number of hydrogen-bond donors (Lipinski definition) is 2. The molecule has 0 aromatic heterocycles. The molecule has 1 aliphatic rings. The molecule has 2 N–H and O–H groups in total. The Bertz CT molecular complexity index is 1300. The van der Waals surface area contributed by atoms with E-state index in [0.29, 0.717) is 42.2 Å². The predicted molar refractivity (Wildman–Crippen MR) is 131 cm³/mol. The van der Waals surface area contributed by atoms with E-state index in [1.165, 1.54) is 6.07 Å². The van der Waals surface area contributed by atoms with Gasteiger partial charge in [-0.3, -0.25) is 15.1 Å². The fraction of sp³-hybridized carbons (Fsp3) is 0.240. The molecule has 1 heterocycles. The van der Waals surface area contributed by atoms with Gasteiger partial charge in [0.05, 0.1) is 10.8 Å². The lowest BCUT2D eigenvalue weighted by atomic mass is 9.99. The van der Waals surface area contributed by atoms with Crippen molar-refractivity contribution in [2.75, 3.05) is 13.1 Å². The van der Waals surface area contributed by atoms with Gasteiger partial charge in [0, 0.05) is 18.1 Å². The zero-order chi connectivity index (χ0) is 24.3. The van der Waals surface area contributed by atoms with Gasteiger partial charge in [0.25, 0.3) is 5.91 Å². The summed E-state index contributed by atoms with van der Waals surface area (Å²) in [7, 11) is -3.85. The molecule has 0 spiro atoms. The van der Waals surface area contributed by atoms with Crippen LogP contribution in [0.15, 0.2) is 66.7 Å². The Kier molecular flexibility index (Phi) is 7.33. The lowest BCUT2D eigenvalue weighted by Crippen LogP contribution is -2.46. The number of aryl methyl sites for hydroxylation is 1. The fourth-order valence-electron chi connectivity index (χ4n) is 4.09. The van der Waals surface area contributed by atoms with E-state index in [9.17, 15) is 17.6 Å². The second-order valence-corrected chi connectivity index (χ2v) is 10.8. The van der Waals surface area contributed by atoms with Gasteiger partial charge in [0.15, 0.2) is 0 Å². The molecular weight excluding hydrogens is 477 g/mol. The molecule has 1 amide bonds. The van der Waals surface area contributed by atoms with Crippen LogP contribution in [0.5, 0.6) is 0 Å². The highest BCUT2D eigenvalue weighted by Crippen LogP contribution is 2.25. The Morgan fingerprint density at radius 1 is 1.09 bits per heavy atom. The van der Waals surface area contributed by atoms with Crippen molar-refractivity contribution in [1.29, 1.82) is 0 Å². The second kappa shape index (κ2) is 10.2. The Labute approximate surface area is 203 Å². The molecule has 1 saturated heterocycles. The SMILES string of the molecule is Cc1cc(-c2ccccc2)cc(C(=O)NNS(=O)(=O)C2CCN(Cc3cccc(Cl)c3)C2)c1F. The molecule has 9 heteroatoms. The normalized spacial score (nSPS) is 16.5. The number of likely N-dealkylation sites (tertiary alicyclic amines) is 1. The van der Waals surface area contributed by atoms with Crippen LogP contribution in [-0.4, -0.2) is 37.6 Å². The smallest absolute Gasteiger partial charge is 0.269 e. The van der Waals surface area contributed by atoms with Crippen molar-refractivity contribution in [3.63, 3.8) is 0 Å². The van der Waals surface area contributed by atoms with E-state index in [1.807, 2.05) is 53.4 Å². The third-order valence-corrected chi connectivity index (χ3v) is 7.76. The summed E-state index contributed by atoms with van der Waals surface area (Å²) in [4.78, 5) is 16.9. The summed E-state index contributed by atoms with van der Waals surface area (Å²) in [5.74, 6) is -1.54. The lowest BCUT2D eigenvalue weighted by Gasteiger charge is -2.17. The third kappa shape index (κ3) is 5.64. The number of halogens is 2. The highest BCUT2D eigenvalue weighted by atomic mass is 35.5. The summed E-state index contributed by atoms with van der Waals surface area (Å²) in [6, 6.07) is 19.8. The average Bonchev–Trinajstić information content (AvgIpc) is 3.29. The minimum atomic E-state index is -3.85. The number of hydrazine groups is 1. The molecule has 4 rings (SSSR count). The molecule has 6 nitrogen and oxygen atoms in total. The number of amides is 1. The zero-order valence-corrected chi connectivity index (χ0v) is 20.2. The lowest BCUT2D eigenvalue weighted by molar-refractivity contribution is 0.0940. The van der Waals surface area contributed by atoms with Gasteiger partial charge >= 0.3 is 0 Å². The third-order valence-electron chi connectivity index (χ3n) is 5.88. The number of carbonyl (C=O) groups is 1. The molecule has 3 aromatic rings. The van der Waals surface area contributed by atoms with Crippen molar-refractivity contribution < 1.29 is 17.6 Å². The molecule has 1 aliphatic heterocycles. The first-order valence-electron chi connectivity index (χ1n) is 10.9. The Morgan fingerprint density at radius 3 is 2.59 bits per heavy atom. The maximum absolute atomic E-state index is 14.7. The number of carbonyl (C=O) groups excluding carboxylic acids is 1. The molecule has 1 atom stereocenters. The average molecular weight is 502 g/mol. The number of rotatable bonds is 7. The summed E-state index contributed by atoms with van der Waals surface area (Å²) in [6.07, 6.45) is 0.419. The molecule has 34 heavy (non-hydrogen) atoms. The Hall–Kier alpha value is -2.78. The summed E-state index contributed by atoms with van der Waals surface area (Å²) < 4.78 is 40.3. The van der Waals surface area contributed by atoms with Crippen LogP contribution in [0.1, 0.15) is 27.9 Å². The van der Waals surface area contributed by atoms with E-state index < -0.39 is 27.0 Å². The van der Waals surface area contributed by atoms with Crippen LogP contribution in [0.4, 0.5) is 4.39 Å². The van der Waals surface area contributed by atoms with Gasteiger partial charge in [-0.15, -0.1) is 4.83 Å². The number of nitrogens with one attached hydrogen (secondary N) is 2. The molecule has 0 radical (unpaired) electrons. The molecule has 0 saturated carbocycles. The quantitative estimate of drug-likeness (QED) is 0.473. The largest absolute Gasteiger partial charge is 0.298 e. The topological polar surface area (TPSA) is 78.5 Å². The van der Waals surface area contributed by atoms with Gasteiger partial charge in [-0.2, -0.15) is 0 Å². The van der Waals surface area contributed by atoms with Crippen LogP contribution >= 0.6 is 11.6 Å². The van der Waals surface area contributed by atoms with E-state index in [4.69, 9.17) is 11.6 Å². The van der Waals surface area contributed by atoms with E-state index in [1.54, 1.807) is 19.1 Å². The van der Waals surface area contributed by atoms with Crippen molar-refractivity contribution in [3.05, 3.63) is 94.3 Å². The predicted octanol–water partition coefficient (Wildman–Crippen LogP) is 4.29. The van der Waals surface area contributed by atoms with Gasteiger partial charge in [-0.25, -0.2) is 12.8 Å². The molecule has 178 valence electrons. The van der Waals surface area contributed by atoms with Gasteiger partial charge in [-0.1, -0.05) is 54.1 Å². The van der Waals surface area contributed by atoms with Crippen molar-refractivity contribution >= 4 is 27.5 Å². The van der Waals surface area contributed by atoms with Gasteiger partial charge in [-0.05, 0) is 66.4 Å². The standard InChI is InChI=1S/C25H25ClFN3O3S/c1-17-12-20(19-7-3-2-4-8-19)14-23(24(17)27)25(31)28-29-34(32,33)22-10-11-30(16-22)15-18-6-5-9-21(26)13-18/h2-9,12-14,22,29H,10-11,15-16H2,1H3,(H,28,31). The summed E-state index contributed by atoms with van der Waals surface area (Å²) in [5, 5.41) is -0.0710. The van der Waals surface area contributed by atoms with E-state index in [0.717, 1.165) is 11.1 Å². The first kappa shape index (κ1) is 24.3. The maximum atomic E-state index is 14.7. The highest BCUT2D eigenvalue weighted by Gasteiger charge is 2.33. The van der Waals surface area contributed by atoms with Crippen LogP contribution in [0.2, 0.25) is 5.02 Å². The first-order valence-corrected chi connectivity index (χ1v) is 12.8. The number of benzene rings is 3. The second-order valence-electron chi connectivity index (χ2n) is 8.40. The summed E-state index contributed by atoms with van der Waals surface area (Å²) in [5.41, 5.74) is 4.74. The Morgan fingerprint density at radius 2 is 1.85 bits per heavy atom. The van der Waals surface area contributed by atoms with Gasteiger partial charge < -0.3 is 0 Å². The number of sulfonamides is 1. The summed E-state index contributed by atoms with van der Waals surface area (Å²) in [6.45, 7) is 3.05. The molecular formula is C25H25ClFN3O3S. The maximum Gasteiger partial charge on any atom is 0.269 e. The van der Waals surface area contributed by atoms with Crippen LogP contribution in [0, 0.1) is 12.7 Å².